The third kappa shape index (κ3) is 3.90. The summed E-state index contributed by atoms with van der Waals surface area (Å²) in [5.74, 6) is -0.214. The summed E-state index contributed by atoms with van der Waals surface area (Å²) in [6, 6.07) is 14.1. The van der Waals surface area contributed by atoms with Crippen LogP contribution in [0.25, 0.3) is 0 Å². The molecule has 0 aromatic heterocycles. The molecule has 4 rings (SSSR count). The van der Waals surface area contributed by atoms with Crippen LogP contribution in [0, 0.1) is 5.82 Å². The van der Waals surface area contributed by atoms with Crippen molar-refractivity contribution >= 4 is 17.5 Å². The molecule has 6 heteroatoms. The second kappa shape index (κ2) is 7.95. The molecular weight excluding hydrogens is 369 g/mol. The van der Waals surface area contributed by atoms with Gasteiger partial charge in [0.1, 0.15) is 5.82 Å². The van der Waals surface area contributed by atoms with E-state index in [-0.39, 0.29) is 35.6 Å². The largest absolute Gasteiger partial charge is 0.333 e. The van der Waals surface area contributed by atoms with E-state index in [0.29, 0.717) is 17.8 Å². The summed E-state index contributed by atoms with van der Waals surface area (Å²) in [7, 11) is 2.11. The minimum absolute atomic E-state index is 0.00860. The summed E-state index contributed by atoms with van der Waals surface area (Å²) in [4.78, 5) is 28.9. The van der Waals surface area contributed by atoms with Gasteiger partial charge in [-0.25, -0.2) is 4.39 Å². The highest BCUT2D eigenvalue weighted by atomic mass is 19.1. The maximum atomic E-state index is 13.4. The van der Waals surface area contributed by atoms with Gasteiger partial charge in [0.05, 0.1) is 0 Å². The molecule has 3 atom stereocenters. The van der Waals surface area contributed by atoms with Crippen LogP contribution >= 0.6 is 0 Å². The SMILES string of the molecule is CC(=O)Nc1ccc(C(=O)N2C[C@H](c3ccc(F)cc3)[C@@H]3[C@H]2CCCN3C)cc1. The van der Waals surface area contributed by atoms with Gasteiger partial charge >= 0.3 is 0 Å². The number of carbonyl (C=O) groups excluding carboxylic acids is 2. The molecular formula is C23H26FN3O2. The van der Waals surface area contributed by atoms with Crippen LogP contribution in [0.2, 0.25) is 0 Å². The van der Waals surface area contributed by atoms with Crippen molar-refractivity contribution in [2.45, 2.75) is 37.8 Å². The van der Waals surface area contributed by atoms with Gasteiger partial charge in [0.2, 0.25) is 5.91 Å². The van der Waals surface area contributed by atoms with Crippen LogP contribution in [0.4, 0.5) is 10.1 Å². The maximum Gasteiger partial charge on any atom is 0.254 e. The average Bonchev–Trinajstić information content (AvgIpc) is 3.09. The van der Waals surface area contributed by atoms with Crippen molar-refractivity contribution in [1.82, 2.24) is 9.80 Å². The van der Waals surface area contributed by atoms with Gasteiger partial charge in [-0.3, -0.25) is 9.59 Å². The van der Waals surface area contributed by atoms with Gasteiger partial charge in [-0.2, -0.15) is 0 Å². The predicted octanol–water partition coefficient (Wildman–Crippen LogP) is 3.49. The Morgan fingerprint density at radius 1 is 1.07 bits per heavy atom. The minimum Gasteiger partial charge on any atom is -0.333 e. The Balaban J connectivity index is 1.60. The van der Waals surface area contributed by atoms with E-state index in [2.05, 4.69) is 17.3 Å². The van der Waals surface area contributed by atoms with Gasteiger partial charge in [-0.15, -0.1) is 0 Å². The first-order chi connectivity index (χ1) is 13.9. The Labute approximate surface area is 170 Å². The quantitative estimate of drug-likeness (QED) is 0.866. The highest BCUT2D eigenvalue weighted by Crippen LogP contribution is 2.40. The molecule has 2 aliphatic heterocycles. The van der Waals surface area contributed by atoms with Crippen LogP contribution in [-0.4, -0.2) is 53.8 Å². The summed E-state index contributed by atoms with van der Waals surface area (Å²) in [5.41, 5.74) is 2.37. The number of likely N-dealkylation sites (tertiary alicyclic amines) is 2. The highest BCUT2D eigenvalue weighted by Gasteiger charge is 2.47. The van der Waals surface area contributed by atoms with E-state index in [1.54, 1.807) is 24.3 Å². The molecule has 5 nitrogen and oxygen atoms in total. The minimum atomic E-state index is -0.243. The molecule has 2 amide bonds. The summed E-state index contributed by atoms with van der Waals surface area (Å²) in [6.07, 6.45) is 2.03. The van der Waals surface area contributed by atoms with Crippen LogP contribution < -0.4 is 5.32 Å². The number of hydrogen-bond acceptors (Lipinski definition) is 3. The smallest absolute Gasteiger partial charge is 0.254 e. The number of nitrogens with one attached hydrogen (secondary N) is 1. The van der Waals surface area contributed by atoms with Crippen LogP contribution in [0.15, 0.2) is 48.5 Å². The van der Waals surface area contributed by atoms with Gasteiger partial charge in [-0.05, 0) is 68.4 Å². The zero-order chi connectivity index (χ0) is 20.5. The lowest BCUT2D eigenvalue weighted by Crippen LogP contribution is -2.50. The normalized spacial score (nSPS) is 24.2. The molecule has 0 spiro atoms. The molecule has 2 aromatic carbocycles. The third-order valence-corrected chi connectivity index (χ3v) is 6.13. The average molecular weight is 395 g/mol. The number of rotatable bonds is 3. The second-order valence-corrected chi connectivity index (χ2v) is 8.05. The molecule has 29 heavy (non-hydrogen) atoms. The first kappa shape index (κ1) is 19.6. The highest BCUT2D eigenvalue weighted by molar-refractivity contribution is 5.96. The molecule has 2 aromatic rings. The van der Waals surface area contributed by atoms with Crippen molar-refractivity contribution in [2.75, 3.05) is 25.5 Å². The monoisotopic (exact) mass is 395 g/mol. The lowest BCUT2D eigenvalue weighted by atomic mass is 9.86. The number of nitrogens with zero attached hydrogens (tertiary/aromatic N) is 2. The molecule has 2 aliphatic rings. The maximum absolute atomic E-state index is 13.4. The number of fused-ring (bicyclic) bond motifs is 1. The number of anilines is 1. The molecule has 2 heterocycles. The molecule has 1 N–H and O–H groups in total. The van der Waals surface area contributed by atoms with E-state index in [4.69, 9.17) is 0 Å². The van der Waals surface area contributed by atoms with Gasteiger partial charge in [0.25, 0.3) is 5.91 Å². The van der Waals surface area contributed by atoms with Crippen molar-refractivity contribution < 1.29 is 14.0 Å². The number of piperidine rings is 1. The van der Waals surface area contributed by atoms with E-state index >= 15 is 0 Å². The van der Waals surface area contributed by atoms with Crippen molar-refractivity contribution in [1.29, 1.82) is 0 Å². The summed E-state index contributed by atoms with van der Waals surface area (Å²) < 4.78 is 13.4. The Morgan fingerprint density at radius 3 is 2.41 bits per heavy atom. The Hall–Kier alpha value is -2.73. The van der Waals surface area contributed by atoms with Crippen LogP contribution in [0.1, 0.15) is 41.6 Å². The molecule has 0 unspecified atom stereocenters. The van der Waals surface area contributed by atoms with Crippen LogP contribution in [0.3, 0.4) is 0 Å². The van der Waals surface area contributed by atoms with Crippen molar-refractivity contribution in [3.8, 4) is 0 Å². The van der Waals surface area contributed by atoms with E-state index in [1.165, 1.54) is 19.1 Å². The standard InChI is InChI=1S/C23H26FN3O2/c1-15(28)25-19-11-7-17(8-12-19)23(29)27-14-20(16-5-9-18(24)10-6-16)22-21(27)4-3-13-26(22)2/h5-12,20-22H,3-4,13-14H2,1-2H3,(H,25,28)/t20-,21-,22-/m1/s1. The molecule has 152 valence electrons. The van der Waals surface area contributed by atoms with Gasteiger partial charge < -0.3 is 15.1 Å². The summed E-state index contributed by atoms with van der Waals surface area (Å²) in [5, 5.41) is 2.72. The zero-order valence-corrected chi connectivity index (χ0v) is 16.8. The van der Waals surface area contributed by atoms with Crippen LogP contribution in [0.5, 0.6) is 0 Å². The topological polar surface area (TPSA) is 52.7 Å². The van der Waals surface area contributed by atoms with E-state index in [0.717, 1.165) is 24.9 Å². The number of likely N-dealkylation sites (N-methyl/N-ethyl adjacent to an activating group) is 1. The van der Waals surface area contributed by atoms with Crippen LogP contribution in [-0.2, 0) is 4.79 Å². The lowest BCUT2D eigenvalue weighted by Gasteiger charge is -2.39. The number of amides is 2. The Kier molecular flexibility index (Phi) is 5.37. The van der Waals surface area contributed by atoms with E-state index < -0.39 is 0 Å². The molecule has 0 bridgehead atoms. The van der Waals surface area contributed by atoms with Gasteiger partial charge in [0, 0.05) is 42.7 Å². The fourth-order valence-electron chi connectivity index (χ4n) is 4.85. The van der Waals surface area contributed by atoms with Crippen molar-refractivity contribution in [3.63, 3.8) is 0 Å². The molecule has 2 fully saturated rings. The lowest BCUT2D eigenvalue weighted by molar-refractivity contribution is -0.114. The zero-order valence-electron chi connectivity index (χ0n) is 16.8. The van der Waals surface area contributed by atoms with E-state index in [9.17, 15) is 14.0 Å². The Bertz CT molecular complexity index is 897. The fraction of sp³-hybridized carbons (Fsp3) is 0.391. The fourth-order valence-corrected chi connectivity index (χ4v) is 4.85. The first-order valence-electron chi connectivity index (χ1n) is 10.1. The second-order valence-electron chi connectivity index (χ2n) is 8.05. The molecule has 2 saturated heterocycles. The van der Waals surface area contributed by atoms with Crippen molar-refractivity contribution in [2.24, 2.45) is 0 Å². The van der Waals surface area contributed by atoms with Crippen molar-refractivity contribution in [3.05, 3.63) is 65.5 Å². The summed E-state index contributed by atoms with van der Waals surface area (Å²) in [6.45, 7) is 3.09. The van der Waals surface area contributed by atoms with Gasteiger partial charge in [-0.1, -0.05) is 12.1 Å². The number of carbonyl (C=O) groups is 2. The molecule has 0 radical (unpaired) electrons. The van der Waals surface area contributed by atoms with Gasteiger partial charge in [0.15, 0.2) is 0 Å². The number of benzene rings is 2. The third-order valence-electron chi connectivity index (χ3n) is 6.13. The predicted molar refractivity (Wildman–Crippen MR) is 110 cm³/mol. The molecule has 0 saturated carbocycles. The van der Waals surface area contributed by atoms with E-state index in [1.807, 2.05) is 17.0 Å². The Morgan fingerprint density at radius 2 is 1.76 bits per heavy atom. The summed E-state index contributed by atoms with van der Waals surface area (Å²) >= 11 is 0. The number of halogens is 1. The molecule has 0 aliphatic carbocycles. The first-order valence-corrected chi connectivity index (χ1v) is 10.1. The number of hydrogen-bond donors (Lipinski definition) is 1.